The molecule has 0 aliphatic carbocycles. The lowest BCUT2D eigenvalue weighted by molar-refractivity contribution is 0.0782. The van der Waals surface area contributed by atoms with Crippen molar-refractivity contribution in [1.29, 1.82) is 0 Å². The molecule has 3 aromatic heterocycles. The summed E-state index contributed by atoms with van der Waals surface area (Å²) in [6.45, 7) is 2.45. The first-order valence-electron chi connectivity index (χ1n) is 7.22. The highest BCUT2D eigenvalue weighted by Crippen LogP contribution is 2.28. The summed E-state index contributed by atoms with van der Waals surface area (Å²) < 4.78 is 0. The van der Waals surface area contributed by atoms with Crippen LogP contribution in [0.4, 0.5) is 0 Å². The van der Waals surface area contributed by atoms with E-state index in [0.29, 0.717) is 12.1 Å². The normalized spacial score (nSPS) is 10.7. The van der Waals surface area contributed by atoms with Crippen molar-refractivity contribution in [3.8, 4) is 9.88 Å². The van der Waals surface area contributed by atoms with E-state index >= 15 is 0 Å². The minimum Gasteiger partial charge on any atom is -0.336 e. The third-order valence-electron chi connectivity index (χ3n) is 3.30. The van der Waals surface area contributed by atoms with Gasteiger partial charge in [-0.1, -0.05) is 13.0 Å². The first-order valence-corrected chi connectivity index (χ1v) is 8.98. The van der Waals surface area contributed by atoms with Gasteiger partial charge >= 0.3 is 0 Å². The van der Waals surface area contributed by atoms with E-state index < -0.39 is 0 Å². The summed E-state index contributed by atoms with van der Waals surface area (Å²) in [5.41, 5.74) is 1.39. The number of aryl methyl sites for hydroxylation is 1. The number of hydrogen-bond acceptors (Lipinski definition) is 6. The van der Waals surface area contributed by atoms with Crippen LogP contribution in [0.1, 0.15) is 28.8 Å². The molecule has 0 N–H and O–H groups in total. The highest BCUT2D eigenvalue weighted by molar-refractivity contribution is 7.20. The first-order chi connectivity index (χ1) is 11.2. The Hall–Kier alpha value is -2.12. The molecule has 3 aromatic rings. The Kier molecular flexibility index (Phi) is 4.78. The number of amides is 1. The van der Waals surface area contributed by atoms with Crippen molar-refractivity contribution >= 4 is 28.6 Å². The third kappa shape index (κ3) is 3.62. The summed E-state index contributed by atoms with van der Waals surface area (Å²) in [5, 5.41) is 5.02. The zero-order chi connectivity index (χ0) is 16.2. The molecule has 0 aliphatic heterocycles. The van der Waals surface area contributed by atoms with Gasteiger partial charge in [-0.15, -0.1) is 22.7 Å². The fraction of sp³-hybridized carbons (Fsp3) is 0.250. The van der Waals surface area contributed by atoms with Gasteiger partial charge in [-0.05, 0) is 11.4 Å². The van der Waals surface area contributed by atoms with E-state index in [2.05, 4.69) is 21.0 Å². The molecule has 0 fully saturated rings. The zero-order valence-electron chi connectivity index (χ0n) is 12.9. The molecule has 0 aliphatic rings. The van der Waals surface area contributed by atoms with E-state index in [1.54, 1.807) is 47.0 Å². The Morgan fingerprint density at radius 2 is 2.04 bits per heavy atom. The number of thiophene rings is 1. The summed E-state index contributed by atoms with van der Waals surface area (Å²) in [6, 6.07) is 4.06. The molecule has 23 heavy (non-hydrogen) atoms. The molecule has 3 rings (SSSR count). The van der Waals surface area contributed by atoms with Crippen LogP contribution in [-0.2, 0) is 13.0 Å². The van der Waals surface area contributed by atoms with Gasteiger partial charge in [-0.25, -0.2) is 15.0 Å². The van der Waals surface area contributed by atoms with Crippen molar-refractivity contribution in [2.45, 2.75) is 19.9 Å². The van der Waals surface area contributed by atoms with Crippen LogP contribution >= 0.6 is 22.7 Å². The van der Waals surface area contributed by atoms with Gasteiger partial charge in [-0.2, -0.15) is 0 Å². The van der Waals surface area contributed by atoms with E-state index in [0.717, 1.165) is 27.8 Å². The number of hydrogen-bond donors (Lipinski definition) is 0. The molecule has 1 amide bonds. The van der Waals surface area contributed by atoms with Gasteiger partial charge in [0.25, 0.3) is 5.91 Å². The fourth-order valence-corrected chi connectivity index (χ4v) is 3.70. The summed E-state index contributed by atoms with van der Waals surface area (Å²) in [7, 11) is 1.76. The second-order valence-corrected chi connectivity index (χ2v) is 6.83. The van der Waals surface area contributed by atoms with Gasteiger partial charge in [0.15, 0.2) is 0 Å². The van der Waals surface area contributed by atoms with Crippen LogP contribution in [0.15, 0.2) is 35.3 Å². The average molecular weight is 344 g/mol. The van der Waals surface area contributed by atoms with Crippen LogP contribution in [0.2, 0.25) is 0 Å². The minimum atomic E-state index is -0.0988. The number of nitrogens with zero attached hydrogens (tertiary/aromatic N) is 4. The van der Waals surface area contributed by atoms with Crippen molar-refractivity contribution in [1.82, 2.24) is 19.9 Å². The Morgan fingerprint density at radius 1 is 1.26 bits per heavy atom. The van der Waals surface area contributed by atoms with E-state index in [-0.39, 0.29) is 5.91 Å². The summed E-state index contributed by atoms with van der Waals surface area (Å²) in [4.78, 5) is 28.1. The summed E-state index contributed by atoms with van der Waals surface area (Å²) >= 11 is 3.26. The van der Waals surface area contributed by atoms with Gasteiger partial charge in [0.1, 0.15) is 10.8 Å². The lowest BCUT2D eigenvalue weighted by atomic mass is 10.3. The summed E-state index contributed by atoms with van der Waals surface area (Å²) in [5.74, 6) is 0.641. The quantitative estimate of drug-likeness (QED) is 0.711. The second-order valence-electron chi connectivity index (χ2n) is 5.02. The van der Waals surface area contributed by atoms with Crippen molar-refractivity contribution in [2.24, 2.45) is 0 Å². The Balaban J connectivity index is 1.68. The Morgan fingerprint density at radius 3 is 2.70 bits per heavy atom. The van der Waals surface area contributed by atoms with Crippen molar-refractivity contribution in [3.05, 3.63) is 52.4 Å². The van der Waals surface area contributed by atoms with Crippen molar-refractivity contribution < 1.29 is 4.79 Å². The molecule has 0 bridgehead atoms. The van der Waals surface area contributed by atoms with Crippen LogP contribution in [0.3, 0.4) is 0 Å². The fourth-order valence-electron chi connectivity index (χ4n) is 2.08. The minimum absolute atomic E-state index is 0.0988. The molecule has 0 saturated carbocycles. The van der Waals surface area contributed by atoms with Crippen LogP contribution in [0.25, 0.3) is 9.88 Å². The van der Waals surface area contributed by atoms with E-state index in [9.17, 15) is 4.79 Å². The highest BCUT2D eigenvalue weighted by atomic mass is 32.1. The molecule has 118 valence electrons. The van der Waals surface area contributed by atoms with Crippen molar-refractivity contribution in [3.63, 3.8) is 0 Å². The maximum atomic E-state index is 12.4. The van der Waals surface area contributed by atoms with E-state index in [1.807, 2.05) is 23.8 Å². The summed E-state index contributed by atoms with van der Waals surface area (Å²) in [6.07, 6.45) is 3.93. The standard InChI is InChI=1S/C16H16N4OS2/c1-3-14-17-7-11(8-18-14)16(21)20(2)9-12-10-23-15(19-12)13-5-4-6-22-13/h4-8,10H,3,9H2,1-2H3. The number of rotatable bonds is 5. The molecule has 0 aromatic carbocycles. The van der Waals surface area contributed by atoms with Gasteiger partial charge in [-0.3, -0.25) is 4.79 Å². The Bertz CT molecular complexity index is 781. The molecule has 0 spiro atoms. The van der Waals surface area contributed by atoms with E-state index in [1.165, 1.54) is 0 Å². The molecule has 0 radical (unpaired) electrons. The van der Waals surface area contributed by atoms with Gasteiger partial charge in [0.2, 0.25) is 0 Å². The monoisotopic (exact) mass is 344 g/mol. The van der Waals surface area contributed by atoms with Gasteiger partial charge in [0.05, 0.1) is 22.7 Å². The van der Waals surface area contributed by atoms with E-state index in [4.69, 9.17) is 0 Å². The molecule has 7 heteroatoms. The van der Waals surface area contributed by atoms with Crippen LogP contribution < -0.4 is 0 Å². The predicted octanol–water partition coefficient (Wildman–Crippen LogP) is 3.50. The average Bonchev–Trinajstić information content (AvgIpc) is 3.25. The van der Waals surface area contributed by atoms with Crippen LogP contribution in [0, 0.1) is 0 Å². The largest absolute Gasteiger partial charge is 0.336 e. The van der Waals surface area contributed by atoms with Crippen LogP contribution in [0.5, 0.6) is 0 Å². The molecule has 5 nitrogen and oxygen atoms in total. The number of aromatic nitrogens is 3. The second kappa shape index (κ2) is 6.97. The maximum absolute atomic E-state index is 12.4. The number of carbonyl (C=O) groups excluding carboxylic acids is 1. The zero-order valence-corrected chi connectivity index (χ0v) is 14.5. The molecule has 0 saturated heterocycles. The Labute approximate surface area is 142 Å². The lowest BCUT2D eigenvalue weighted by Gasteiger charge is -2.15. The molecule has 0 unspecified atom stereocenters. The maximum Gasteiger partial charge on any atom is 0.257 e. The van der Waals surface area contributed by atoms with Crippen molar-refractivity contribution in [2.75, 3.05) is 7.05 Å². The molecule has 3 heterocycles. The molecular formula is C16H16N4OS2. The smallest absolute Gasteiger partial charge is 0.257 e. The van der Waals surface area contributed by atoms with Gasteiger partial charge in [0, 0.05) is 31.2 Å². The molecule has 0 atom stereocenters. The van der Waals surface area contributed by atoms with Gasteiger partial charge < -0.3 is 4.90 Å². The van der Waals surface area contributed by atoms with Crippen LogP contribution in [-0.4, -0.2) is 32.8 Å². The predicted molar refractivity (Wildman–Crippen MR) is 92.6 cm³/mol. The number of carbonyl (C=O) groups is 1. The first kappa shape index (κ1) is 15.8. The number of thiazole rings is 1. The lowest BCUT2D eigenvalue weighted by Crippen LogP contribution is -2.26. The molecular weight excluding hydrogens is 328 g/mol. The SMILES string of the molecule is CCc1ncc(C(=O)N(C)Cc2csc(-c3cccs3)n2)cn1. The highest BCUT2D eigenvalue weighted by Gasteiger charge is 2.15. The third-order valence-corrected chi connectivity index (χ3v) is 5.23. The topological polar surface area (TPSA) is 59.0 Å².